The second kappa shape index (κ2) is 8.60. The Balaban J connectivity index is 1.64. The van der Waals surface area contributed by atoms with Crippen molar-refractivity contribution in [1.29, 1.82) is 0 Å². The molecule has 0 amide bonds. The normalized spacial score (nSPS) is 17.4. The molecule has 0 aliphatic carbocycles. The summed E-state index contributed by atoms with van der Waals surface area (Å²) in [6.07, 6.45) is 4.99. The molecule has 0 unspecified atom stereocenters. The van der Waals surface area contributed by atoms with E-state index >= 15 is 0 Å². The number of ether oxygens (including phenoxy) is 1. The summed E-state index contributed by atoms with van der Waals surface area (Å²) < 4.78 is 33.5. The molecular formula is C22H25N5O3S. The Labute approximate surface area is 182 Å². The average molecular weight is 440 g/mol. The summed E-state index contributed by atoms with van der Waals surface area (Å²) in [4.78, 5) is 13.0. The molecule has 1 saturated heterocycles. The average Bonchev–Trinajstić information content (AvgIpc) is 2.79. The molecule has 1 atom stereocenters. The van der Waals surface area contributed by atoms with Crippen LogP contribution >= 0.6 is 0 Å². The van der Waals surface area contributed by atoms with Crippen LogP contribution < -0.4 is 10.5 Å². The summed E-state index contributed by atoms with van der Waals surface area (Å²) >= 11 is 0. The number of nitrogen functional groups attached to an aromatic ring is 1. The lowest BCUT2D eigenvalue weighted by molar-refractivity contribution is 0.310. The van der Waals surface area contributed by atoms with Gasteiger partial charge in [0.05, 0.1) is 7.11 Å². The van der Waals surface area contributed by atoms with Crippen molar-refractivity contribution in [3.63, 3.8) is 0 Å². The fraction of sp³-hybridized carbons (Fsp3) is 0.318. The first-order chi connectivity index (χ1) is 14.9. The Morgan fingerprint density at radius 2 is 1.87 bits per heavy atom. The summed E-state index contributed by atoms with van der Waals surface area (Å²) in [5.41, 5.74) is 9.10. The number of piperidine rings is 1. The molecule has 8 nitrogen and oxygen atoms in total. The fourth-order valence-electron chi connectivity index (χ4n) is 3.93. The number of benzene rings is 1. The van der Waals surface area contributed by atoms with E-state index in [0.29, 0.717) is 18.8 Å². The van der Waals surface area contributed by atoms with Crippen LogP contribution in [0.25, 0.3) is 11.1 Å². The van der Waals surface area contributed by atoms with Gasteiger partial charge in [0.2, 0.25) is 16.0 Å². The number of nitrogens with two attached hydrogens (primary N) is 1. The molecule has 1 aliphatic heterocycles. The molecule has 2 aromatic heterocycles. The minimum Gasteiger partial charge on any atom is -0.495 e. The molecule has 31 heavy (non-hydrogen) atoms. The molecule has 1 aromatic carbocycles. The third kappa shape index (κ3) is 4.38. The highest BCUT2D eigenvalue weighted by Crippen LogP contribution is 2.33. The molecular weight excluding hydrogens is 414 g/mol. The van der Waals surface area contributed by atoms with Crippen LogP contribution in [0.3, 0.4) is 0 Å². The van der Waals surface area contributed by atoms with Crippen molar-refractivity contribution in [3.05, 3.63) is 60.2 Å². The van der Waals surface area contributed by atoms with Gasteiger partial charge in [-0.05, 0) is 49.6 Å². The van der Waals surface area contributed by atoms with E-state index < -0.39 is 10.0 Å². The van der Waals surface area contributed by atoms with Gasteiger partial charge in [0, 0.05) is 48.4 Å². The lowest BCUT2D eigenvalue weighted by atomic mass is 9.93. The predicted octanol–water partition coefficient (Wildman–Crippen LogP) is 3.01. The van der Waals surface area contributed by atoms with Crippen LogP contribution in [0.2, 0.25) is 0 Å². The van der Waals surface area contributed by atoms with Crippen LogP contribution in [0, 0.1) is 6.92 Å². The molecule has 0 spiro atoms. The number of aromatic nitrogens is 3. The van der Waals surface area contributed by atoms with Crippen LogP contribution in [0.15, 0.2) is 53.7 Å². The van der Waals surface area contributed by atoms with E-state index in [2.05, 4.69) is 9.97 Å². The number of rotatable bonds is 5. The molecule has 0 saturated carbocycles. The molecule has 0 radical (unpaired) electrons. The lowest BCUT2D eigenvalue weighted by Gasteiger charge is -2.32. The highest BCUT2D eigenvalue weighted by molar-refractivity contribution is 7.89. The summed E-state index contributed by atoms with van der Waals surface area (Å²) in [6, 6.07) is 10.7. The third-order valence-corrected chi connectivity index (χ3v) is 7.37. The van der Waals surface area contributed by atoms with E-state index in [1.54, 1.807) is 36.7 Å². The number of sulfonamides is 1. The molecule has 4 rings (SSSR count). The topological polar surface area (TPSA) is 111 Å². The number of hydrogen-bond donors (Lipinski definition) is 1. The largest absolute Gasteiger partial charge is 0.495 e. The second-order valence-electron chi connectivity index (χ2n) is 7.61. The van der Waals surface area contributed by atoms with Gasteiger partial charge in [-0.2, -0.15) is 4.31 Å². The Hall–Kier alpha value is -3.04. The van der Waals surface area contributed by atoms with E-state index in [0.717, 1.165) is 35.4 Å². The van der Waals surface area contributed by atoms with Crippen molar-refractivity contribution in [3.8, 4) is 16.9 Å². The van der Waals surface area contributed by atoms with Crippen molar-refractivity contribution < 1.29 is 13.2 Å². The first kappa shape index (κ1) is 21.2. The highest BCUT2D eigenvalue weighted by atomic mass is 32.2. The molecule has 9 heteroatoms. The number of hydrogen-bond acceptors (Lipinski definition) is 7. The van der Waals surface area contributed by atoms with Crippen LogP contribution in [0.4, 0.5) is 5.95 Å². The lowest BCUT2D eigenvalue weighted by Crippen LogP contribution is -2.39. The van der Waals surface area contributed by atoms with Crippen LogP contribution in [0.1, 0.15) is 30.1 Å². The third-order valence-electron chi connectivity index (χ3n) is 5.47. The van der Waals surface area contributed by atoms with Gasteiger partial charge in [-0.15, -0.1) is 0 Å². The van der Waals surface area contributed by atoms with Gasteiger partial charge in [0.15, 0.2) is 0 Å². The Morgan fingerprint density at radius 3 is 2.61 bits per heavy atom. The SMILES string of the molecule is COc1ccccc1S(=O)(=O)N1CCC[C@H](c2cc(-c3cnc(N)nc3)cc(C)n2)C1. The molecule has 0 bridgehead atoms. The zero-order chi connectivity index (χ0) is 22.0. The number of aryl methyl sites for hydroxylation is 1. The second-order valence-corrected chi connectivity index (χ2v) is 9.51. The van der Waals surface area contributed by atoms with Gasteiger partial charge < -0.3 is 10.5 Å². The van der Waals surface area contributed by atoms with E-state index in [1.807, 2.05) is 19.1 Å². The smallest absolute Gasteiger partial charge is 0.246 e. The van der Waals surface area contributed by atoms with Gasteiger partial charge in [0.1, 0.15) is 10.6 Å². The zero-order valence-electron chi connectivity index (χ0n) is 17.5. The predicted molar refractivity (Wildman–Crippen MR) is 118 cm³/mol. The van der Waals surface area contributed by atoms with Gasteiger partial charge in [0.25, 0.3) is 0 Å². The maximum Gasteiger partial charge on any atom is 0.246 e. The first-order valence-corrected chi connectivity index (χ1v) is 11.5. The number of methoxy groups -OCH3 is 1. The van der Waals surface area contributed by atoms with Crippen LogP contribution in [-0.2, 0) is 10.0 Å². The van der Waals surface area contributed by atoms with Crippen LogP contribution in [0.5, 0.6) is 5.75 Å². The summed E-state index contributed by atoms with van der Waals surface area (Å²) in [6.45, 7) is 2.77. The highest BCUT2D eigenvalue weighted by Gasteiger charge is 2.33. The summed E-state index contributed by atoms with van der Waals surface area (Å²) in [7, 11) is -2.20. The maximum absolute atomic E-state index is 13.3. The van der Waals surface area contributed by atoms with Gasteiger partial charge in [-0.3, -0.25) is 4.98 Å². The molecule has 3 heterocycles. The van der Waals surface area contributed by atoms with Gasteiger partial charge in [-0.1, -0.05) is 12.1 Å². The molecule has 162 valence electrons. The first-order valence-electron chi connectivity index (χ1n) is 10.1. The standard InChI is InChI=1S/C22H25N5O3S/c1-15-10-17(18-12-24-22(23)25-13-18)11-19(26-15)16-6-5-9-27(14-16)31(28,29)21-8-4-3-7-20(21)30-2/h3-4,7-8,10-13,16H,5-6,9,14H2,1-2H3,(H2,23,24,25)/t16-/m0/s1. The molecule has 3 aromatic rings. The van der Waals surface area contributed by atoms with Crippen molar-refractivity contribution in [2.45, 2.75) is 30.6 Å². The van der Waals surface area contributed by atoms with E-state index in [1.165, 1.54) is 11.4 Å². The Kier molecular flexibility index (Phi) is 5.88. The molecule has 1 aliphatic rings. The van der Waals surface area contributed by atoms with Crippen molar-refractivity contribution in [2.75, 3.05) is 25.9 Å². The Bertz CT molecular complexity index is 1180. The van der Waals surface area contributed by atoms with Gasteiger partial charge >= 0.3 is 0 Å². The molecule has 1 fully saturated rings. The van der Waals surface area contributed by atoms with E-state index in [4.69, 9.17) is 15.5 Å². The monoisotopic (exact) mass is 439 g/mol. The quantitative estimate of drug-likeness (QED) is 0.650. The number of anilines is 1. The van der Waals surface area contributed by atoms with Crippen LogP contribution in [-0.4, -0.2) is 47.9 Å². The van der Waals surface area contributed by atoms with Gasteiger partial charge in [-0.25, -0.2) is 18.4 Å². The minimum atomic E-state index is -3.68. The van der Waals surface area contributed by atoms with E-state index in [9.17, 15) is 8.42 Å². The Morgan fingerprint density at radius 1 is 1.13 bits per heavy atom. The number of nitrogens with zero attached hydrogens (tertiary/aromatic N) is 4. The number of pyridine rings is 1. The minimum absolute atomic E-state index is 0.00779. The number of para-hydroxylation sites is 1. The zero-order valence-corrected chi connectivity index (χ0v) is 18.3. The summed E-state index contributed by atoms with van der Waals surface area (Å²) in [5.74, 6) is 0.565. The van der Waals surface area contributed by atoms with Crippen molar-refractivity contribution in [1.82, 2.24) is 19.3 Å². The van der Waals surface area contributed by atoms with Crippen molar-refractivity contribution in [2.24, 2.45) is 0 Å². The molecule has 2 N–H and O–H groups in total. The summed E-state index contributed by atoms with van der Waals surface area (Å²) in [5, 5.41) is 0. The fourth-order valence-corrected chi connectivity index (χ4v) is 5.61. The maximum atomic E-state index is 13.3. The van der Waals surface area contributed by atoms with E-state index in [-0.39, 0.29) is 16.8 Å². The van der Waals surface area contributed by atoms with Crippen molar-refractivity contribution >= 4 is 16.0 Å².